The molecular weight excluding hydrogens is 324 g/mol. The van der Waals surface area contributed by atoms with Crippen LogP contribution in [0.4, 0.5) is 0 Å². The molecule has 2 aromatic rings. The first-order chi connectivity index (χ1) is 12.4. The van der Waals surface area contributed by atoms with Gasteiger partial charge in [-0.05, 0) is 31.9 Å². The number of carbonyl (C=O) groups excluding carboxylic acids is 2. The molecule has 0 atom stereocenters. The molecule has 0 saturated carbocycles. The van der Waals surface area contributed by atoms with Crippen molar-refractivity contribution in [3.05, 3.63) is 71.8 Å². The molecule has 2 rings (SSSR count). The van der Waals surface area contributed by atoms with E-state index in [2.05, 4.69) is 0 Å². The van der Waals surface area contributed by atoms with Crippen molar-refractivity contribution in [3.63, 3.8) is 0 Å². The molecule has 2 amide bonds. The van der Waals surface area contributed by atoms with E-state index in [-0.39, 0.29) is 11.8 Å². The maximum Gasteiger partial charge on any atom is 0.237 e. The highest BCUT2D eigenvalue weighted by atomic mass is 16.2. The van der Waals surface area contributed by atoms with E-state index in [9.17, 15) is 9.59 Å². The molecular formula is C22H28N2O2. The zero-order valence-electron chi connectivity index (χ0n) is 16.1. The zero-order chi connectivity index (χ0) is 19.2. The second kappa shape index (κ2) is 8.65. The van der Waals surface area contributed by atoms with Crippen molar-refractivity contribution in [2.75, 3.05) is 13.6 Å². The highest BCUT2D eigenvalue weighted by Crippen LogP contribution is 2.24. The summed E-state index contributed by atoms with van der Waals surface area (Å²) in [5.74, 6) is -0.313. The number of rotatable bonds is 7. The van der Waals surface area contributed by atoms with Crippen LogP contribution in [0.1, 0.15) is 31.9 Å². The first-order valence-corrected chi connectivity index (χ1v) is 8.99. The number of benzene rings is 2. The van der Waals surface area contributed by atoms with Crippen LogP contribution in [0, 0.1) is 5.41 Å². The van der Waals surface area contributed by atoms with E-state index >= 15 is 0 Å². The van der Waals surface area contributed by atoms with Crippen molar-refractivity contribution in [1.82, 2.24) is 9.80 Å². The molecule has 0 unspecified atom stereocenters. The standard InChI is InChI=1S/C22H28N2O2/c1-5-24(17-19-14-10-7-11-15-19)21(26)22(2,3)20(25)23(4)16-18-12-8-6-9-13-18/h6-15H,5,16-17H2,1-4H3. The summed E-state index contributed by atoms with van der Waals surface area (Å²) in [6, 6.07) is 19.6. The topological polar surface area (TPSA) is 40.6 Å². The molecule has 0 aliphatic carbocycles. The van der Waals surface area contributed by atoms with Crippen LogP contribution in [0.5, 0.6) is 0 Å². The molecule has 0 bridgehead atoms. The summed E-state index contributed by atoms with van der Waals surface area (Å²) in [5, 5.41) is 0. The van der Waals surface area contributed by atoms with E-state index in [0.717, 1.165) is 11.1 Å². The van der Waals surface area contributed by atoms with Gasteiger partial charge >= 0.3 is 0 Å². The van der Waals surface area contributed by atoms with Crippen molar-refractivity contribution in [1.29, 1.82) is 0 Å². The Labute approximate surface area is 156 Å². The summed E-state index contributed by atoms with van der Waals surface area (Å²) >= 11 is 0. The van der Waals surface area contributed by atoms with Gasteiger partial charge in [-0.15, -0.1) is 0 Å². The van der Waals surface area contributed by atoms with Crippen LogP contribution in [0.2, 0.25) is 0 Å². The fourth-order valence-electron chi connectivity index (χ4n) is 3.02. The Balaban J connectivity index is 2.10. The number of hydrogen-bond donors (Lipinski definition) is 0. The molecule has 0 radical (unpaired) electrons. The fraction of sp³-hybridized carbons (Fsp3) is 0.364. The SMILES string of the molecule is CCN(Cc1ccccc1)C(=O)C(C)(C)C(=O)N(C)Cc1ccccc1. The third-order valence-electron chi connectivity index (χ3n) is 4.56. The van der Waals surface area contributed by atoms with Gasteiger partial charge in [0.1, 0.15) is 5.41 Å². The summed E-state index contributed by atoms with van der Waals surface area (Å²) < 4.78 is 0. The molecule has 138 valence electrons. The van der Waals surface area contributed by atoms with Crippen LogP contribution in [-0.4, -0.2) is 35.2 Å². The van der Waals surface area contributed by atoms with Gasteiger partial charge in [-0.2, -0.15) is 0 Å². The van der Waals surface area contributed by atoms with E-state index in [4.69, 9.17) is 0 Å². The third-order valence-corrected chi connectivity index (χ3v) is 4.56. The van der Waals surface area contributed by atoms with Gasteiger partial charge in [-0.25, -0.2) is 0 Å². The maximum atomic E-state index is 13.1. The molecule has 0 aliphatic rings. The molecule has 0 fully saturated rings. The molecule has 0 heterocycles. The zero-order valence-corrected chi connectivity index (χ0v) is 16.1. The normalized spacial score (nSPS) is 11.1. The van der Waals surface area contributed by atoms with Crippen LogP contribution in [0.15, 0.2) is 60.7 Å². The van der Waals surface area contributed by atoms with Crippen molar-refractivity contribution in [2.24, 2.45) is 5.41 Å². The smallest absolute Gasteiger partial charge is 0.237 e. The van der Waals surface area contributed by atoms with Crippen LogP contribution in [0.3, 0.4) is 0 Å². The lowest BCUT2D eigenvalue weighted by molar-refractivity contribution is -0.154. The molecule has 2 aromatic carbocycles. The van der Waals surface area contributed by atoms with E-state index in [1.54, 1.807) is 30.7 Å². The number of hydrogen-bond acceptors (Lipinski definition) is 2. The van der Waals surface area contributed by atoms with E-state index < -0.39 is 5.41 Å². The fourth-order valence-corrected chi connectivity index (χ4v) is 3.02. The van der Waals surface area contributed by atoms with E-state index in [1.165, 1.54) is 0 Å². The Morgan fingerprint density at radius 3 is 1.73 bits per heavy atom. The van der Waals surface area contributed by atoms with Crippen LogP contribution >= 0.6 is 0 Å². The van der Waals surface area contributed by atoms with Gasteiger partial charge in [0.25, 0.3) is 0 Å². The monoisotopic (exact) mass is 352 g/mol. The van der Waals surface area contributed by atoms with Gasteiger partial charge < -0.3 is 9.80 Å². The van der Waals surface area contributed by atoms with Crippen molar-refractivity contribution in [3.8, 4) is 0 Å². The third kappa shape index (κ3) is 4.72. The molecule has 26 heavy (non-hydrogen) atoms. The number of amides is 2. The summed E-state index contributed by atoms with van der Waals surface area (Å²) in [7, 11) is 1.75. The lowest BCUT2D eigenvalue weighted by Crippen LogP contribution is -2.49. The van der Waals surface area contributed by atoms with Gasteiger partial charge in [-0.3, -0.25) is 9.59 Å². The largest absolute Gasteiger partial charge is 0.341 e. The minimum atomic E-state index is -1.10. The Bertz CT molecular complexity index is 726. The van der Waals surface area contributed by atoms with Crippen LogP contribution in [-0.2, 0) is 22.7 Å². The maximum absolute atomic E-state index is 13.1. The Morgan fingerprint density at radius 2 is 1.27 bits per heavy atom. The minimum Gasteiger partial charge on any atom is -0.341 e. The highest BCUT2D eigenvalue weighted by molar-refractivity contribution is 6.04. The van der Waals surface area contributed by atoms with Gasteiger partial charge in [-0.1, -0.05) is 60.7 Å². The highest BCUT2D eigenvalue weighted by Gasteiger charge is 2.40. The number of nitrogens with zero attached hydrogens (tertiary/aromatic N) is 2. The summed E-state index contributed by atoms with van der Waals surface area (Å²) in [6.07, 6.45) is 0. The number of carbonyl (C=O) groups is 2. The van der Waals surface area contributed by atoms with Crippen LogP contribution in [0.25, 0.3) is 0 Å². The molecule has 4 heteroatoms. The van der Waals surface area contributed by atoms with E-state index in [0.29, 0.717) is 19.6 Å². The van der Waals surface area contributed by atoms with Gasteiger partial charge in [0, 0.05) is 26.7 Å². The molecule has 0 N–H and O–H groups in total. The molecule has 4 nitrogen and oxygen atoms in total. The first-order valence-electron chi connectivity index (χ1n) is 8.99. The molecule has 0 aromatic heterocycles. The average molecular weight is 352 g/mol. The molecule has 0 spiro atoms. The molecule has 0 saturated heterocycles. The van der Waals surface area contributed by atoms with Gasteiger partial charge in [0.05, 0.1) is 0 Å². The van der Waals surface area contributed by atoms with Crippen LogP contribution < -0.4 is 0 Å². The second-order valence-electron chi connectivity index (χ2n) is 7.08. The summed E-state index contributed by atoms with van der Waals surface area (Å²) in [4.78, 5) is 29.4. The van der Waals surface area contributed by atoms with Gasteiger partial charge in [0.2, 0.25) is 11.8 Å². The molecule has 0 aliphatic heterocycles. The predicted octanol–water partition coefficient (Wildman–Crippen LogP) is 3.72. The lowest BCUT2D eigenvalue weighted by Gasteiger charge is -2.33. The first kappa shape index (κ1) is 19.7. The summed E-state index contributed by atoms with van der Waals surface area (Å²) in [5.41, 5.74) is 1.00. The van der Waals surface area contributed by atoms with Crippen molar-refractivity contribution < 1.29 is 9.59 Å². The lowest BCUT2D eigenvalue weighted by atomic mass is 9.89. The second-order valence-corrected chi connectivity index (χ2v) is 7.08. The predicted molar refractivity (Wildman–Crippen MR) is 104 cm³/mol. The summed E-state index contributed by atoms with van der Waals surface area (Å²) in [6.45, 7) is 6.93. The average Bonchev–Trinajstić information content (AvgIpc) is 2.66. The van der Waals surface area contributed by atoms with Crippen molar-refractivity contribution >= 4 is 11.8 Å². The van der Waals surface area contributed by atoms with Gasteiger partial charge in [0.15, 0.2) is 0 Å². The Kier molecular flexibility index (Phi) is 6.56. The Hall–Kier alpha value is -2.62. The Morgan fingerprint density at radius 1 is 0.808 bits per heavy atom. The van der Waals surface area contributed by atoms with E-state index in [1.807, 2.05) is 67.6 Å². The minimum absolute atomic E-state index is 0.145. The van der Waals surface area contributed by atoms with Crippen molar-refractivity contribution in [2.45, 2.75) is 33.9 Å². The quantitative estimate of drug-likeness (QED) is 0.713.